The zero-order chi connectivity index (χ0) is 10.7. The number of thiocarbonyl (C=S) groups is 1. The minimum Gasteiger partial charge on any atom is -0.389 e. The average Bonchev–Trinajstić information content (AvgIpc) is 2.16. The second kappa shape index (κ2) is 4.19. The molecular weight excluding hydrogens is 196 g/mol. The molecule has 0 atom stereocenters. The van der Waals surface area contributed by atoms with E-state index in [0.29, 0.717) is 4.99 Å². The van der Waals surface area contributed by atoms with Gasteiger partial charge in [0, 0.05) is 19.5 Å². The number of hydrogen-bond acceptors (Lipinski definition) is 2. The summed E-state index contributed by atoms with van der Waals surface area (Å²) >= 11 is 4.90. The third-order valence-corrected chi connectivity index (χ3v) is 2.22. The van der Waals surface area contributed by atoms with E-state index in [1.54, 1.807) is 13.1 Å². The maximum atomic E-state index is 11.2. The molecule has 0 spiro atoms. The molecule has 0 aliphatic heterocycles. The van der Waals surface area contributed by atoms with E-state index in [2.05, 4.69) is 0 Å². The average molecular weight is 208 g/mol. The van der Waals surface area contributed by atoms with Crippen LogP contribution in [0.2, 0.25) is 0 Å². The first-order valence-corrected chi connectivity index (χ1v) is 4.58. The van der Waals surface area contributed by atoms with Crippen molar-refractivity contribution in [3.8, 4) is 0 Å². The fourth-order valence-electron chi connectivity index (χ4n) is 1.14. The third-order valence-electron chi connectivity index (χ3n) is 2.00. The Hall–Kier alpha value is -1.42. The molecule has 14 heavy (non-hydrogen) atoms. The van der Waals surface area contributed by atoms with Gasteiger partial charge in [0.2, 0.25) is 5.91 Å². The van der Waals surface area contributed by atoms with Crippen LogP contribution in [0.4, 0.5) is 5.69 Å². The summed E-state index contributed by atoms with van der Waals surface area (Å²) in [5.41, 5.74) is 7.01. The number of para-hydroxylation sites is 1. The molecule has 0 unspecified atom stereocenters. The largest absolute Gasteiger partial charge is 0.389 e. The topological polar surface area (TPSA) is 46.3 Å². The van der Waals surface area contributed by atoms with Crippen LogP contribution >= 0.6 is 12.2 Å². The summed E-state index contributed by atoms with van der Waals surface area (Å²) in [4.78, 5) is 13.0. The van der Waals surface area contributed by atoms with Crippen molar-refractivity contribution in [3.63, 3.8) is 0 Å². The SMILES string of the molecule is CC(=O)N(C)c1ccccc1C(N)=S. The van der Waals surface area contributed by atoms with Crippen molar-refractivity contribution in [1.82, 2.24) is 0 Å². The number of amides is 1. The Bertz CT molecular complexity index is 376. The monoisotopic (exact) mass is 208 g/mol. The molecule has 0 bridgehead atoms. The van der Waals surface area contributed by atoms with E-state index in [9.17, 15) is 4.79 Å². The van der Waals surface area contributed by atoms with Crippen LogP contribution in [0.5, 0.6) is 0 Å². The second-order valence-electron chi connectivity index (χ2n) is 2.96. The third kappa shape index (κ3) is 2.09. The summed E-state index contributed by atoms with van der Waals surface area (Å²) in [6, 6.07) is 7.30. The summed E-state index contributed by atoms with van der Waals surface area (Å²) in [5.74, 6) is -0.0475. The highest BCUT2D eigenvalue weighted by atomic mass is 32.1. The van der Waals surface area contributed by atoms with Crippen LogP contribution < -0.4 is 10.6 Å². The number of benzene rings is 1. The van der Waals surface area contributed by atoms with E-state index in [0.717, 1.165) is 11.3 Å². The maximum absolute atomic E-state index is 11.2. The lowest BCUT2D eigenvalue weighted by Crippen LogP contribution is -2.26. The molecule has 0 aromatic heterocycles. The predicted octanol–water partition coefficient (Wildman–Crippen LogP) is 1.30. The molecular formula is C10H12N2OS. The molecule has 2 N–H and O–H groups in total. The molecule has 1 aromatic carbocycles. The number of carbonyl (C=O) groups excluding carboxylic acids is 1. The van der Waals surface area contributed by atoms with Crippen LogP contribution in [0.3, 0.4) is 0 Å². The number of nitrogens with zero attached hydrogens (tertiary/aromatic N) is 1. The van der Waals surface area contributed by atoms with E-state index in [-0.39, 0.29) is 5.91 Å². The van der Waals surface area contributed by atoms with Crippen molar-refractivity contribution in [2.24, 2.45) is 5.73 Å². The molecule has 0 saturated heterocycles. The highest BCUT2D eigenvalue weighted by Gasteiger charge is 2.11. The van der Waals surface area contributed by atoms with E-state index in [1.807, 2.05) is 18.2 Å². The molecule has 0 fully saturated rings. The summed E-state index contributed by atoms with van der Waals surface area (Å²) in [6.07, 6.45) is 0. The van der Waals surface area contributed by atoms with Crippen molar-refractivity contribution in [2.75, 3.05) is 11.9 Å². The number of nitrogens with two attached hydrogens (primary N) is 1. The van der Waals surface area contributed by atoms with Crippen LogP contribution in [-0.2, 0) is 4.79 Å². The quantitative estimate of drug-likeness (QED) is 0.745. The van der Waals surface area contributed by atoms with Gasteiger partial charge < -0.3 is 10.6 Å². The zero-order valence-electron chi connectivity index (χ0n) is 8.15. The van der Waals surface area contributed by atoms with Gasteiger partial charge in [0.25, 0.3) is 0 Å². The summed E-state index contributed by atoms with van der Waals surface area (Å²) < 4.78 is 0. The zero-order valence-corrected chi connectivity index (χ0v) is 8.97. The number of rotatable bonds is 2. The number of hydrogen-bond donors (Lipinski definition) is 1. The van der Waals surface area contributed by atoms with Gasteiger partial charge in [-0.1, -0.05) is 24.4 Å². The lowest BCUT2D eigenvalue weighted by molar-refractivity contribution is -0.116. The van der Waals surface area contributed by atoms with E-state index >= 15 is 0 Å². The van der Waals surface area contributed by atoms with Gasteiger partial charge in [-0.15, -0.1) is 0 Å². The fourth-order valence-corrected chi connectivity index (χ4v) is 1.32. The lowest BCUT2D eigenvalue weighted by Gasteiger charge is -2.18. The van der Waals surface area contributed by atoms with Crippen molar-refractivity contribution in [2.45, 2.75) is 6.92 Å². The first-order valence-electron chi connectivity index (χ1n) is 4.17. The summed E-state index contributed by atoms with van der Waals surface area (Å²) in [6.45, 7) is 1.50. The first-order chi connectivity index (χ1) is 6.54. The second-order valence-corrected chi connectivity index (χ2v) is 3.40. The van der Waals surface area contributed by atoms with Crippen molar-refractivity contribution in [1.29, 1.82) is 0 Å². The van der Waals surface area contributed by atoms with E-state index in [1.165, 1.54) is 11.8 Å². The van der Waals surface area contributed by atoms with Gasteiger partial charge in [-0.05, 0) is 12.1 Å². The van der Waals surface area contributed by atoms with Gasteiger partial charge >= 0.3 is 0 Å². The van der Waals surface area contributed by atoms with Gasteiger partial charge in [-0.3, -0.25) is 4.79 Å². The highest BCUT2D eigenvalue weighted by Crippen LogP contribution is 2.18. The molecule has 0 radical (unpaired) electrons. The smallest absolute Gasteiger partial charge is 0.223 e. The first kappa shape index (κ1) is 10.7. The lowest BCUT2D eigenvalue weighted by atomic mass is 10.1. The van der Waals surface area contributed by atoms with E-state index < -0.39 is 0 Å². The van der Waals surface area contributed by atoms with Crippen molar-refractivity contribution < 1.29 is 4.79 Å². The molecule has 0 heterocycles. The van der Waals surface area contributed by atoms with E-state index in [4.69, 9.17) is 18.0 Å². The highest BCUT2D eigenvalue weighted by molar-refractivity contribution is 7.80. The Morgan fingerprint density at radius 2 is 2.00 bits per heavy atom. The molecule has 1 aromatic rings. The molecule has 0 aliphatic carbocycles. The Kier molecular flexibility index (Phi) is 3.19. The molecule has 3 nitrogen and oxygen atoms in total. The van der Waals surface area contributed by atoms with Crippen molar-refractivity contribution in [3.05, 3.63) is 29.8 Å². The number of anilines is 1. The minimum absolute atomic E-state index is 0.0475. The molecule has 4 heteroatoms. The molecule has 0 saturated carbocycles. The Balaban J connectivity index is 3.19. The van der Waals surface area contributed by atoms with Crippen LogP contribution in [0.1, 0.15) is 12.5 Å². The predicted molar refractivity (Wildman–Crippen MR) is 61.4 cm³/mol. The normalized spacial score (nSPS) is 9.57. The van der Waals surface area contributed by atoms with Crippen LogP contribution in [0.25, 0.3) is 0 Å². The molecule has 1 rings (SSSR count). The van der Waals surface area contributed by atoms with Gasteiger partial charge in [0.15, 0.2) is 0 Å². The summed E-state index contributed by atoms with van der Waals surface area (Å²) in [7, 11) is 1.69. The van der Waals surface area contributed by atoms with Gasteiger partial charge in [0.05, 0.1) is 5.69 Å². The van der Waals surface area contributed by atoms with Crippen LogP contribution in [-0.4, -0.2) is 17.9 Å². The van der Waals surface area contributed by atoms with Gasteiger partial charge in [-0.25, -0.2) is 0 Å². The molecule has 74 valence electrons. The standard InChI is InChI=1S/C10H12N2OS/c1-7(13)12(2)9-6-4-3-5-8(9)10(11)14/h3-6H,1-2H3,(H2,11,14). The molecule has 1 amide bonds. The Morgan fingerprint density at radius 3 is 2.50 bits per heavy atom. The Labute approximate surface area is 88.5 Å². The minimum atomic E-state index is -0.0475. The maximum Gasteiger partial charge on any atom is 0.223 e. The molecule has 0 aliphatic rings. The van der Waals surface area contributed by atoms with Crippen LogP contribution in [0.15, 0.2) is 24.3 Å². The van der Waals surface area contributed by atoms with Crippen molar-refractivity contribution >= 4 is 28.8 Å². The number of carbonyl (C=O) groups is 1. The van der Waals surface area contributed by atoms with Crippen LogP contribution in [0, 0.1) is 0 Å². The van der Waals surface area contributed by atoms with Gasteiger partial charge in [-0.2, -0.15) is 0 Å². The summed E-state index contributed by atoms with van der Waals surface area (Å²) in [5, 5.41) is 0. The van der Waals surface area contributed by atoms with Gasteiger partial charge in [0.1, 0.15) is 4.99 Å². The fraction of sp³-hybridized carbons (Fsp3) is 0.200. The Morgan fingerprint density at radius 1 is 1.43 bits per heavy atom.